The van der Waals surface area contributed by atoms with E-state index in [0.29, 0.717) is 12.1 Å². The molecule has 0 saturated carbocycles. The molecule has 0 aromatic carbocycles. The molecule has 4 rings (SSSR count). The molecular formula is C17H25N7S2. The summed E-state index contributed by atoms with van der Waals surface area (Å²) in [5.41, 5.74) is 2.38. The maximum absolute atomic E-state index is 4.99. The van der Waals surface area contributed by atoms with E-state index in [2.05, 4.69) is 30.2 Å². The van der Waals surface area contributed by atoms with Crippen LogP contribution in [-0.2, 0) is 11.5 Å². The van der Waals surface area contributed by atoms with Gasteiger partial charge in [0.25, 0.3) is 0 Å². The number of aromatic nitrogens is 4. The highest BCUT2D eigenvalue weighted by Crippen LogP contribution is 2.21. The minimum Gasteiger partial charge on any atom is -0.353 e. The second-order valence-corrected chi connectivity index (χ2v) is 8.76. The fraction of sp³-hybridized carbons (Fsp3) is 0.588. The molecule has 0 spiro atoms. The largest absolute Gasteiger partial charge is 0.353 e. The van der Waals surface area contributed by atoms with Crippen LogP contribution < -0.4 is 5.32 Å². The number of thioether (sulfide) groups is 2. The zero-order chi connectivity index (χ0) is 17.6. The van der Waals surface area contributed by atoms with Crippen LogP contribution in [0.1, 0.15) is 24.2 Å². The van der Waals surface area contributed by atoms with Crippen LogP contribution in [0.2, 0.25) is 0 Å². The Morgan fingerprint density at radius 1 is 0.962 bits per heavy atom. The lowest BCUT2D eigenvalue weighted by molar-refractivity contribution is 0.305. The Hall–Kier alpha value is -1.61. The molecule has 2 atom stereocenters. The molecule has 7 nitrogen and oxygen atoms in total. The van der Waals surface area contributed by atoms with Gasteiger partial charge in [-0.05, 0) is 12.8 Å². The number of imidazole rings is 2. The summed E-state index contributed by atoms with van der Waals surface area (Å²) in [7, 11) is 0. The van der Waals surface area contributed by atoms with E-state index >= 15 is 0 Å². The van der Waals surface area contributed by atoms with Gasteiger partial charge in [0.2, 0.25) is 0 Å². The fourth-order valence-corrected chi connectivity index (χ4v) is 5.27. The van der Waals surface area contributed by atoms with Crippen molar-refractivity contribution in [1.82, 2.24) is 30.2 Å². The molecule has 0 aliphatic carbocycles. The molecule has 9 heteroatoms. The van der Waals surface area contributed by atoms with Crippen molar-refractivity contribution < 1.29 is 0 Å². The molecule has 26 heavy (non-hydrogen) atoms. The third-order valence-corrected chi connectivity index (χ3v) is 6.96. The molecule has 0 amide bonds. The average Bonchev–Trinajstić information content (AvgIpc) is 3.35. The molecule has 1 saturated heterocycles. The zero-order valence-electron chi connectivity index (χ0n) is 14.7. The van der Waals surface area contributed by atoms with Gasteiger partial charge in [0.05, 0.1) is 18.7 Å². The van der Waals surface area contributed by atoms with Crippen molar-refractivity contribution >= 4 is 29.5 Å². The van der Waals surface area contributed by atoms with E-state index in [9.17, 15) is 0 Å². The van der Waals surface area contributed by atoms with Crippen LogP contribution in [0, 0.1) is 0 Å². The first-order valence-corrected chi connectivity index (χ1v) is 11.4. The highest BCUT2D eigenvalue weighted by atomic mass is 32.2. The third-order valence-electron chi connectivity index (χ3n) is 4.67. The Labute approximate surface area is 162 Å². The summed E-state index contributed by atoms with van der Waals surface area (Å²) in [5.74, 6) is 5.25. The van der Waals surface area contributed by atoms with Crippen LogP contribution in [-0.4, -0.2) is 67.5 Å². The zero-order valence-corrected chi connectivity index (χ0v) is 16.4. The van der Waals surface area contributed by atoms with E-state index in [-0.39, 0.29) is 0 Å². The number of rotatable bonds is 8. The van der Waals surface area contributed by atoms with E-state index in [1.165, 1.54) is 17.8 Å². The summed E-state index contributed by atoms with van der Waals surface area (Å²) in [5, 5.41) is 3.67. The van der Waals surface area contributed by atoms with Crippen LogP contribution in [0.4, 0.5) is 0 Å². The van der Waals surface area contributed by atoms with E-state index in [4.69, 9.17) is 4.99 Å². The number of fused-ring (bicyclic) bond motifs is 1. The van der Waals surface area contributed by atoms with Crippen molar-refractivity contribution in [3.05, 3.63) is 36.4 Å². The number of guanidine groups is 1. The summed E-state index contributed by atoms with van der Waals surface area (Å²) >= 11 is 3.88. The first-order chi connectivity index (χ1) is 12.9. The van der Waals surface area contributed by atoms with Gasteiger partial charge in [0.15, 0.2) is 5.96 Å². The monoisotopic (exact) mass is 391 g/mol. The Bertz CT molecular complexity index is 686. The predicted molar refractivity (Wildman–Crippen MR) is 108 cm³/mol. The van der Waals surface area contributed by atoms with Crippen molar-refractivity contribution in [2.75, 3.05) is 24.6 Å². The standard InChI is InChI=1S/C17H25N7S2/c1-3-24-4-2-14(8-26-10-16-6-19-12-21-16)23-17(24)22-13(1)7-25-9-15-5-18-11-20-15/h5-6,11-14H,1-4,7-10H2,(H,18,20)(H,19,21)(H,22,23)/t13-,14-/m1/s1. The number of H-pyrrole nitrogens is 2. The van der Waals surface area contributed by atoms with Crippen LogP contribution in [0.25, 0.3) is 0 Å². The number of aromatic amines is 2. The Balaban J connectivity index is 1.23. The van der Waals surface area contributed by atoms with Gasteiger partial charge in [-0.3, -0.25) is 0 Å². The van der Waals surface area contributed by atoms with Gasteiger partial charge in [-0.15, -0.1) is 0 Å². The van der Waals surface area contributed by atoms with Gasteiger partial charge in [-0.1, -0.05) is 0 Å². The number of hydrogen-bond acceptors (Lipinski definition) is 7. The van der Waals surface area contributed by atoms with Crippen molar-refractivity contribution in [2.24, 2.45) is 4.99 Å². The second kappa shape index (κ2) is 8.85. The number of nitrogens with zero attached hydrogens (tertiary/aromatic N) is 4. The summed E-state index contributed by atoms with van der Waals surface area (Å²) in [4.78, 5) is 21.9. The molecule has 0 bridgehead atoms. The first-order valence-electron chi connectivity index (χ1n) is 9.06. The van der Waals surface area contributed by atoms with Gasteiger partial charge in [0, 0.05) is 65.9 Å². The highest BCUT2D eigenvalue weighted by molar-refractivity contribution is 7.98. The van der Waals surface area contributed by atoms with Crippen molar-refractivity contribution in [3.8, 4) is 0 Å². The summed E-state index contributed by atoms with van der Waals surface area (Å²) in [6, 6.07) is 0.924. The number of nitrogens with one attached hydrogen (secondary N) is 3. The van der Waals surface area contributed by atoms with E-state index < -0.39 is 0 Å². The van der Waals surface area contributed by atoms with Gasteiger partial charge in [-0.25, -0.2) is 15.0 Å². The molecule has 3 N–H and O–H groups in total. The lowest BCUT2D eigenvalue weighted by Crippen LogP contribution is -2.56. The molecule has 1 fully saturated rings. The Morgan fingerprint density at radius 3 is 2.35 bits per heavy atom. The van der Waals surface area contributed by atoms with Crippen molar-refractivity contribution in [1.29, 1.82) is 0 Å². The lowest BCUT2D eigenvalue weighted by Gasteiger charge is -2.39. The minimum atomic E-state index is 0.415. The molecule has 0 radical (unpaired) electrons. The SMILES string of the molecule is c1ncc(CSC[C@H]2CCN3CC[C@H](CSCc4cnc[nH]4)NC3=N2)[nH]1. The van der Waals surface area contributed by atoms with E-state index in [0.717, 1.165) is 48.5 Å². The van der Waals surface area contributed by atoms with Gasteiger partial charge >= 0.3 is 0 Å². The Morgan fingerprint density at radius 2 is 1.65 bits per heavy atom. The first kappa shape index (κ1) is 17.8. The molecule has 140 valence electrons. The molecule has 4 heterocycles. The average molecular weight is 392 g/mol. The predicted octanol–water partition coefficient (Wildman–Crippen LogP) is 2.09. The normalized spacial score (nSPS) is 22.6. The van der Waals surface area contributed by atoms with Crippen LogP contribution in [0.3, 0.4) is 0 Å². The second-order valence-electron chi connectivity index (χ2n) is 6.70. The van der Waals surface area contributed by atoms with Crippen LogP contribution >= 0.6 is 23.5 Å². The van der Waals surface area contributed by atoms with Crippen LogP contribution in [0.15, 0.2) is 30.0 Å². The maximum Gasteiger partial charge on any atom is 0.194 e. The number of aliphatic imine (C=N–C) groups is 1. The lowest BCUT2D eigenvalue weighted by atomic mass is 10.1. The summed E-state index contributed by atoms with van der Waals surface area (Å²) < 4.78 is 0. The molecule has 2 aromatic heterocycles. The third kappa shape index (κ3) is 4.76. The Kier molecular flexibility index (Phi) is 6.06. The summed E-state index contributed by atoms with van der Waals surface area (Å²) in [6.07, 6.45) is 9.63. The fourth-order valence-electron chi connectivity index (χ4n) is 3.23. The number of hydrogen-bond donors (Lipinski definition) is 3. The molecule has 2 aliphatic rings. The van der Waals surface area contributed by atoms with Crippen molar-refractivity contribution in [2.45, 2.75) is 36.4 Å². The molecule has 0 unspecified atom stereocenters. The van der Waals surface area contributed by atoms with Gasteiger partial charge in [-0.2, -0.15) is 23.5 Å². The maximum atomic E-state index is 4.99. The smallest absolute Gasteiger partial charge is 0.194 e. The van der Waals surface area contributed by atoms with E-state index in [1.807, 2.05) is 35.9 Å². The molecule has 2 aromatic rings. The molecular weight excluding hydrogens is 366 g/mol. The highest BCUT2D eigenvalue weighted by Gasteiger charge is 2.27. The van der Waals surface area contributed by atoms with E-state index in [1.54, 1.807) is 12.7 Å². The minimum absolute atomic E-state index is 0.415. The quantitative estimate of drug-likeness (QED) is 0.639. The molecule has 2 aliphatic heterocycles. The topological polar surface area (TPSA) is 85.0 Å². The van der Waals surface area contributed by atoms with Crippen molar-refractivity contribution in [3.63, 3.8) is 0 Å². The summed E-state index contributed by atoms with van der Waals surface area (Å²) in [6.45, 7) is 2.24. The van der Waals surface area contributed by atoms with Gasteiger partial charge < -0.3 is 20.2 Å². The van der Waals surface area contributed by atoms with Crippen LogP contribution in [0.5, 0.6) is 0 Å². The van der Waals surface area contributed by atoms with Gasteiger partial charge in [0.1, 0.15) is 0 Å².